The maximum absolute atomic E-state index is 5.62. The fraction of sp³-hybridized carbons (Fsp3) is 0.222. The first-order chi connectivity index (χ1) is 6.72. The summed E-state index contributed by atoms with van der Waals surface area (Å²) in [5.74, 6) is 0. The van der Waals surface area contributed by atoms with E-state index in [2.05, 4.69) is 37.6 Å². The van der Waals surface area contributed by atoms with Crippen molar-refractivity contribution in [2.45, 2.75) is 13.5 Å². The Kier molecular flexibility index (Phi) is 2.71. The number of thiophene rings is 1. The predicted molar refractivity (Wildman–Crippen MR) is 62.2 cm³/mol. The van der Waals surface area contributed by atoms with Crippen LogP contribution in [0.2, 0.25) is 0 Å². The highest BCUT2D eigenvalue weighted by molar-refractivity contribution is 9.10. The van der Waals surface area contributed by atoms with Crippen LogP contribution in [0.4, 0.5) is 0 Å². The molecular formula is C9H10BrN3S. The standard InChI is InChI=1S/C9H10BrN3S/c1-5-9(7(3-11)13-12-5)8-2-6(10)4-14-8/h2,4H,3,11H2,1H3,(H,12,13). The molecule has 2 aromatic heterocycles. The summed E-state index contributed by atoms with van der Waals surface area (Å²) < 4.78 is 1.10. The van der Waals surface area contributed by atoms with Crippen molar-refractivity contribution < 1.29 is 0 Å². The van der Waals surface area contributed by atoms with Crippen LogP contribution in [0.3, 0.4) is 0 Å². The van der Waals surface area contributed by atoms with E-state index in [0.717, 1.165) is 21.4 Å². The Morgan fingerprint density at radius 3 is 3.00 bits per heavy atom. The molecule has 2 heterocycles. The SMILES string of the molecule is Cc1[nH]nc(CN)c1-c1cc(Br)cs1. The number of aromatic amines is 1. The highest BCUT2D eigenvalue weighted by atomic mass is 79.9. The van der Waals surface area contributed by atoms with E-state index in [1.807, 2.05) is 6.92 Å². The lowest BCUT2D eigenvalue weighted by Crippen LogP contribution is -1.98. The summed E-state index contributed by atoms with van der Waals surface area (Å²) >= 11 is 5.13. The van der Waals surface area contributed by atoms with Crippen molar-refractivity contribution in [1.29, 1.82) is 0 Å². The summed E-state index contributed by atoms with van der Waals surface area (Å²) in [6.07, 6.45) is 0. The molecule has 74 valence electrons. The van der Waals surface area contributed by atoms with Crippen molar-refractivity contribution >= 4 is 27.3 Å². The summed E-state index contributed by atoms with van der Waals surface area (Å²) in [7, 11) is 0. The van der Waals surface area contributed by atoms with E-state index in [-0.39, 0.29) is 0 Å². The summed E-state index contributed by atoms with van der Waals surface area (Å²) in [5, 5.41) is 9.18. The van der Waals surface area contributed by atoms with Gasteiger partial charge in [-0.15, -0.1) is 11.3 Å². The second-order valence-corrected chi connectivity index (χ2v) is 4.83. The molecule has 3 N–H and O–H groups in total. The van der Waals surface area contributed by atoms with Gasteiger partial charge in [-0.05, 0) is 28.9 Å². The van der Waals surface area contributed by atoms with Crippen LogP contribution < -0.4 is 5.73 Å². The quantitative estimate of drug-likeness (QED) is 0.883. The van der Waals surface area contributed by atoms with Gasteiger partial charge in [0.2, 0.25) is 0 Å². The van der Waals surface area contributed by atoms with Gasteiger partial charge in [-0.2, -0.15) is 5.10 Å². The van der Waals surface area contributed by atoms with E-state index in [4.69, 9.17) is 5.73 Å². The molecule has 0 aliphatic rings. The third-order valence-electron chi connectivity index (χ3n) is 2.03. The molecule has 0 radical (unpaired) electrons. The highest BCUT2D eigenvalue weighted by Gasteiger charge is 2.12. The van der Waals surface area contributed by atoms with Crippen LogP contribution in [0, 0.1) is 6.92 Å². The van der Waals surface area contributed by atoms with Crippen LogP contribution in [0.5, 0.6) is 0 Å². The number of rotatable bonds is 2. The first kappa shape index (κ1) is 9.89. The third-order valence-corrected chi connectivity index (χ3v) is 3.74. The Morgan fingerprint density at radius 2 is 2.43 bits per heavy atom. The molecule has 0 spiro atoms. The number of hydrogen-bond donors (Lipinski definition) is 2. The average molecular weight is 272 g/mol. The van der Waals surface area contributed by atoms with E-state index >= 15 is 0 Å². The lowest BCUT2D eigenvalue weighted by molar-refractivity contribution is 0.940. The number of aromatic nitrogens is 2. The Hall–Kier alpha value is -0.650. The topological polar surface area (TPSA) is 54.7 Å². The van der Waals surface area contributed by atoms with Gasteiger partial charge in [-0.1, -0.05) is 0 Å². The molecule has 5 heteroatoms. The zero-order valence-electron chi connectivity index (χ0n) is 7.67. The van der Waals surface area contributed by atoms with Crippen LogP contribution in [0.15, 0.2) is 15.9 Å². The number of nitrogens with two attached hydrogens (primary N) is 1. The number of halogens is 1. The molecule has 0 amide bonds. The molecule has 0 atom stereocenters. The van der Waals surface area contributed by atoms with Gasteiger partial charge in [0.25, 0.3) is 0 Å². The maximum Gasteiger partial charge on any atom is 0.0847 e. The second-order valence-electron chi connectivity index (χ2n) is 3.00. The molecule has 0 unspecified atom stereocenters. The number of H-pyrrole nitrogens is 1. The summed E-state index contributed by atoms with van der Waals surface area (Å²) in [6, 6.07) is 2.08. The Morgan fingerprint density at radius 1 is 1.64 bits per heavy atom. The van der Waals surface area contributed by atoms with Crippen molar-refractivity contribution in [2.75, 3.05) is 0 Å². The van der Waals surface area contributed by atoms with Crippen molar-refractivity contribution in [2.24, 2.45) is 5.73 Å². The van der Waals surface area contributed by atoms with Gasteiger partial charge >= 0.3 is 0 Å². The van der Waals surface area contributed by atoms with Gasteiger partial charge < -0.3 is 5.73 Å². The minimum atomic E-state index is 0.467. The molecule has 2 aromatic rings. The fourth-order valence-corrected chi connectivity index (χ4v) is 2.95. The minimum absolute atomic E-state index is 0.467. The molecule has 0 saturated carbocycles. The normalized spacial score (nSPS) is 10.8. The van der Waals surface area contributed by atoms with E-state index in [1.54, 1.807) is 11.3 Å². The van der Waals surface area contributed by atoms with Crippen molar-refractivity contribution in [1.82, 2.24) is 10.2 Å². The van der Waals surface area contributed by atoms with E-state index in [0.29, 0.717) is 6.54 Å². The Balaban J connectivity index is 2.54. The number of aryl methyl sites for hydroxylation is 1. The highest BCUT2D eigenvalue weighted by Crippen LogP contribution is 2.33. The Bertz CT molecular complexity index is 447. The minimum Gasteiger partial charge on any atom is -0.325 e. The smallest absolute Gasteiger partial charge is 0.0847 e. The molecule has 2 rings (SSSR count). The largest absolute Gasteiger partial charge is 0.325 e. The van der Waals surface area contributed by atoms with Crippen molar-refractivity contribution in [3.8, 4) is 10.4 Å². The second kappa shape index (κ2) is 3.84. The van der Waals surface area contributed by atoms with Crippen LogP contribution in [0.1, 0.15) is 11.4 Å². The van der Waals surface area contributed by atoms with E-state index in [9.17, 15) is 0 Å². The van der Waals surface area contributed by atoms with Gasteiger partial charge in [-0.25, -0.2) is 0 Å². The van der Waals surface area contributed by atoms with Crippen molar-refractivity contribution in [3.05, 3.63) is 27.3 Å². The van der Waals surface area contributed by atoms with Crippen LogP contribution >= 0.6 is 27.3 Å². The summed E-state index contributed by atoms with van der Waals surface area (Å²) in [5.41, 5.74) is 8.76. The van der Waals surface area contributed by atoms with Crippen LogP contribution in [-0.2, 0) is 6.54 Å². The third kappa shape index (κ3) is 1.63. The van der Waals surface area contributed by atoms with Gasteiger partial charge in [0.1, 0.15) is 0 Å². The molecule has 0 fully saturated rings. The molecule has 14 heavy (non-hydrogen) atoms. The predicted octanol–water partition coefficient (Wildman–Crippen LogP) is 2.67. The van der Waals surface area contributed by atoms with Gasteiger partial charge in [0.15, 0.2) is 0 Å². The molecule has 0 saturated heterocycles. The molecule has 0 bridgehead atoms. The van der Waals surface area contributed by atoms with Gasteiger partial charge in [0.05, 0.1) is 5.69 Å². The molecular weight excluding hydrogens is 262 g/mol. The molecule has 0 aliphatic carbocycles. The fourth-order valence-electron chi connectivity index (χ4n) is 1.40. The Labute approximate surface area is 94.5 Å². The molecule has 0 aliphatic heterocycles. The number of hydrogen-bond acceptors (Lipinski definition) is 3. The van der Waals surface area contributed by atoms with Crippen LogP contribution in [-0.4, -0.2) is 10.2 Å². The van der Waals surface area contributed by atoms with E-state index < -0.39 is 0 Å². The molecule has 0 aromatic carbocycles. The summed E-state index contributed by atoms with van der Waals surface area (Å²) in [4.78, 5) is 1.20. The first-order valence-corrected chi connectivity index (χ1v) is 5.88. The average Bonchev–Trinajstić information content (AvgIpc) is 2.71. The summed E-state index contributed by atoms with van der Waals surface area (Å²) in [6.45, 7) is 2.48. The maximum atomic E-state index is 5.62. The van der Waals surface area contributed by atoms with E-state index in [1.165, 1.54) is 4.88 Å². The number of nitrogens with zero attached hydrogens (tertiary/aromatic N) is 1. The zero-order valence-corrected chi connectivity index (χ0v) is 10.1. The lowest BCUT2D eigenvalue weighted by atomic mass is 10.1. The molecule has 3 nitrogen and oxygen atoms in total. The van der Waals surface area contributed by atoms with Crippen LogP contribution in [0.25, 0.3) is 10.4 Å². The van der Waals surface area contributed by atoms with Crippen molar-refractivity contribution in [3.63, 3.8) is 0 Å². The lowest BCUT2D eigenvalue weighted by Gasteiger charge is -1.97. The number of nitrogens with one attached hydrogen (secondary N) is 1. The monoisotopic (exact) mass is 271 g/mol. The van der Waals surface area contributed by atoms with Gasteiger partial charge in [0, 0.05) is 32.5 Å². The first-order valence-electron chi connectivity index (χ1n) is 4.20. The zero-order chi connectivity index (χ0) is 10.1. The van der Waals surface area contributed by atoms with Gasteiger partial charge in [-0.3, -0.25) is 5.10 Å².